The third-order valence-electron chi connectivity index (χ3n) is 3.79. The van der Waals surface area contributed by atoms with Gasteiger partial charge < -0.3 is 20.3 Å². The topological polar surface area (TPSA) is 64.7 Å². The van der Waals surface area contributed by atoms with E-state index in [0.29, 0.717) is 17.4 Å². The van der Waals surface area contributed by atoms with Gasteiger partial charge in [0.1, 0.15) is 0 Å². The van der Waals surface area contributed by atoms with Crippen LogP contribution in [-0.4, -0.2) is 25.4 Å². The van der Waals surface area contributed by atoms with E-state index in [-0.39, 0.29) is 18.4 Å². The van der Waals surface area contributed by atoms with Crippen LogP contribution in [0.4, 0.5) is 0 Å². The Balaban J connectivity index is 0.00000180. The molecule has 1 aliphatic rings. The van der Waals surface area contributed by atoms with Gasteiger partial charge in [0, 0.05) is 0 Å². The van der Waals surface area contributed by atoms with Crippen molar-refractivity contribution in [1.82, 2.24) is 0 Å². The third kappa shape index (κ3) is 3.32. The molecule has 0 saturated heterocycles. The van der Waals surface area contributed by atoms with Crippen molar-refractivity contribution in [2.24, 2.45) is 11.7 Å². The summed E-state index contributed by atoms with van der Waals surface area (Å²) in [5, 5.41) is 10.2. The Labute approximate surface area is 120 Å². The highest BCUT2D eigenvalue weighted by Crippen LogP contribution is 2.36. The summed E-state index contributed by atoms with van der Waals surface area (Å²) in [5.41, 5.74) is 7.00. The van der Waals surface area contributed by atoms with E-state index in [2.05, 4.69) is 0 Å². The molecular formula is C14H22ClNO3. The van der Waals surface area contributed by atoms with Crippen molar-refractivity contribution in [2.75, 3.05) is 14.2 Å². The fraction of sp³-hybridized carbons (Fsp3) is 0.571. The molecule has 0 amide bonds. The Morgan fingerprint density at radius 2 is 1.84 bits per heavy atom. The van der Waals surface area contributed by atoms with E-state index in [0.717, 1.165) is 18.4 Å². The molecule has 1 aliphatic carbocycles. The van der Waals surface area contributed by atoms with Crippen LogP contribution >= 0.6 is 12.4 Å². The third-order valence-corrected chi connectivity index (χ3v) is 3.79. The molecule has 108 valence electrons. The summed E-state index contributed by atoms with van der Waals surface area (Å²) in [7, 11) is 3.19. The maximum atomic E-state index is 10.2. The second-order valence-corrected chi connectivity index (χ2v) is 4.82. The molecule has 4 nitrogen and oxygen atoms in total. The van der Waals surface area contributed by atoms with Crippen LogP contribution in [0, 0.1) is 5.92 Å². The number of rotatable bonds is 5. The highest BCUT2D eigenvalue weighted by molar-refractivity contribution is 5.85. The minimum atomic E-state index is -0.475. The zero-order valence-corrected chi connectivity index (χ0v) is 12.2. The first-order valence-corrected chi connectivity index (χ1v) is 6.33. The van der Waals surface area contributed by atoms with Crippen molar-refractivity contribution in [1.29, 1.82) is 0 Å². The Morgan fingerprint density at radius 3 is 2.32 bits per heavy atom. The normalized spacial score (nSPS) is 17.9. The SMILES string of the molecule is COc1ccc([C@@H](N)[C@@H](O)C2CCC2)cc1OC.Cl. The summed E-state index contributed by atoms with van der Waals surface area (Å²) < 4.78 is 10.4. The lowest BCUT2D eigenvalue weighted by Gasteiger charge is -2.33. The standard InChI is InChI=1S/C14H21NO3.ClH/c1-17-11-7-6-10(8-12(11)18-2)13(15)14(16)9-4-3-5-9;/h6-9,13-14,16H,3-5,15H2,1-2H3;1H/t13-,14+;/m1./s1. The van der Waals surface area contributed by atoms with Crippen LogP contribution in [0.5, 0.6) is 11.5 Å². The first-order valence-electron chi connectivity index (χ1n) is 6.33. The van der Waals surface area contributed by atoms with E-state index in [4.69, 9.17) is 15.2 Å². The number of halogens is 1. The van der Waals surface area contributed by atoms with E-state index in [1.165, 1.54) is 6.42 Å². The Morgan fingerprint density at radius 1 is 1.21 bits per heavy atom. The van der Waals surface area contributed by atoms with Gasteiger partial charge in [-0.3, -0.25) is 0 Å². The first-order chi connectivity index (χ1) is 8.67. The summed E-state index contributed by atoms with van der Waals surface area (Å²) in [6, 6.07) is 5.18. The van der Waals surface area contributed by atoms with Gasteiger partial charge in [0.15, 0.2) is 11.5 Å². The molecule has 0 heterocycles. The molecule has 0 aromatic heterocycles. The van der Waals surface area contributed by atoms with Crippen LogP contribution in [0.15, 0.2) is 18.2 Å². The van der Waals surface area contributed by atoms with Crippen LogP contribution < -0.4 is 15.2 Å². The van der Waals surface area contributed by atoms with Gasteiger partial charge in [0.05, 0.1) is 26.4 Å². The number of aliphatic hydroxyl groups is 1. The number of ether oxygens (including phenoxy) is 2. The van der Waals surface area contributed by atoms with Crippen LogP contribution in [-0.2, 0) is 0 Å². The molecule has 19 heavy (non-hydrogen) atoms. The molecular weight excluding hydrogens is 266 g/mol. The number of nitrogens with two attached hydrogens (primary N) is 1. The molecule has 0 bridgehead atoms. The molecule has 1 aromatic rings. The maximum absolute atomic E-state index is 10.2. The van der Waals surface area contributed by atoms with Gasteiger partial charge in [-0.1, -0.05) is 12.5 Å². The van der Waals surface area contributed by atoms with Crippen molar-refractivity contribution in [3.63, 3.8) is 0 Å². The van der Waals surface area contributed by atoms with E-state index in [9.17, 15) is 5.11 Å². The summed E-state index contributed by atoms with van der Waals surface area (Å²) >= 11 is 0. The highest BCUT2D eigenvalue weighted by atomic mass is 35.5. The first kappa shape index (κ1) is 16.1. The number of aliphatic hydroxyl groups excluding tert-OH is 1. The average Bonchev–Trinajstić information content (AvgIpc) is 2.34. The number of hydrogen-bond donors (Lipinski definition) is 2. The zero-order chi connectivity index (χ0) is 13.1. The molecule has 1 saturated carbocycles. The van der Waals surface area contributed by atoms with Gasteiger partial charge in [-0.2, -0.15) is 0 Å². The lowest BCUT2D eigenvalue weighted by atomic mass is 9.77. The van der Waals surface area contributed by atoms with E-state index >= 15 is 0 Å². The van der Waals surface area contributed by atoms with Crippen molar-refractivity contribution in [2.45, 2.75) is 31.4 Å². The fourth-order valence-electron chi connectivity index (χ4n) is 2.33. The van der Waals surface area contributed by atoms with E-state index < -0.39 is 6.10 Å². The Kier molecular flexibility index (Phi) is 5.91. The molecule has 2 atom stereocenters. The summed E-state index contributed by atoms with van der Waals surface area (Å²) in [6.45, 7) is 0. The van der Waals surface area contributed by atoms with Gasteiger partial charge in [0.2, 0.25) is 0 Å². The molecule has 3 N–H and O–H groups in total. The largest absolute Gasteiger partial charge is 0.493 e. The smallest absolute Gasteiger partial charge is 0.161 e. The van der Waals surface area contributed by atoms with Gasteiger partial charge in [-0.25, -0.2) is 0 Å². The van der Waals surface area contributed by atoms with Gasteiger partial charge in [0.25, 0.3) is 0 Å². The molecule has 2 rings (SSSR count). The summed E-state index contributed by atoms with van der Waals surface area (Å²) in [5.74, 6) is 1.66. The molecule has 0 unspecified atom stereocenters. The minimum Gasteiger partial charge on any atom is -0.493 e. The van der Waals surface area contributed by atoms with Crippen molar-refractivity contribution in [3.8, 4) is 11.5 Å². The average molecular weight is 288 g/mol. The van der Waals surface area contributed by atoms with Crippen molar-refractivity contribution >= 4 is 12.4 Å². The second kappa shape index (κ2) is 6.98. The van der Waals surface area contributed by atoms with Gasteiger partial charge in [-0.05, 0) is 36.5 Å². The lowest BCUT2D eigenvalue weighted by Crippen LogP contribution is -2.36. The summed E-state index contributed by atoms with van der Waals surface area (Å²) in [6.07, 6.45) is 2.86. The minimum absolute atomic E-state index is 0. The highest BCUT2D eigenvalue weighted by Gasteiger charge is 2.30. The predicted octanol–water partition coefficient (Wildman–Crippen LogP) is 2.29. The van der Waals surface area contributed by atoms with E-state index in [1.54, 1.807) is 14.2 Å². The molecule has 5 heteroatoms. The molecule has 0 radical (unpaired) electrons. The van der Waals surface area contributed by atoms with Crippen LogP contribution in [0.2, 0.25) is 0 Å². The van der Waals surface area contributed by atoms with Gasteiger partial charge in [-0.15, -0.1) is 12.4 Å². The van der Waals surface area contributed by atoms with Gasteiger partial charge >= 0.3 is 0 Å². The summed E-state index contributed by atoms with van der Waals surface area (Å²) in [4.78, 5) is 0. The van der Waals surface area contributed by atoms with Crippen LogP contribution in [0.25, 0.3) is 0 Å². The Bertz CT molecular complexity index is 410. The number of benzene rings is 1. The molecule has 0 aliphatic heterocycles. The van der Waals surface area contributed by atoms with Crippen molar-refractivity contribution in [3.05, 3.63) is 23.8 Å². The predicted molar refractivity (Wildman–Crippen MR) is 77.1 cm³/mol. The number of hydrogen-bond acceptors (Lipinski definition) is 4. The van der Waals surface area contributed by atoms with E-state index in [1.807, 2.05) is 18.2 Å². The second-order valence-electron chi connectivity index (χ2n) is 4.82. The fourth-order valence-corrected chi connectivity index (χ4v) is 2.33. The zero-order valence-electron chi connectivity index (χ0n) is 11.3. The Hall–Kier alpha value is -0.970. The number of methoxy groups -OCH3 is 2. The molecule has 0 spiro atoms. The molecule has 1 fully saturated rings. The molecule has 1 aromatic carbocycles. The van der Waals surface area contributed by atoms with Crippen LogP contribution in [0.1, 0.15) is 30.9 Å². The van der Waals surface area contributed by atoms with Crippen molar-refractivity contribution < 1.29 is 14.6 Å². The monoisotopic (exact) mass is 287 g/mol. The quantitative estimate of drug-likeness (QED) is 0.872. The maximum Gasteiger partial charge on any atom is 0.161 e. The lowest BCUT2D eigenvalue weighted by molar-refractivity contribution is 0.0413. The van der Waals surface area contributed by atoms with Crippen LogP contribution in [0.3, 0.4) is 0 Å².